The minimum absolute atomic E-state index is 0.00732. The molecule has 0 bridgehead atoms. The first-order valence-electron chi connectivity index (χ1n) is 12.6. The molecule has 1 unspecified atom stereocenters. The van der Waals surface area contributed by atoms with Crippen LogP contribution in [0.4, 0.5) is 13.2 Å². The van der Waals surface area contributed by atoms with Gasteiger partial charge in [0.2, 0.25) is 5.88 Å². The summed E-state index contributed by atoms with van der Waals surface area (Å²) in [6, 6.07) is 11.0. The predicted octanol–water partition coefficient (Wildman–Crippen LogP) is 6.38. The first kappa shape index (κ1) is 30.6. The molecule has 0 radical (unpaired) electrons. The summed E-state index contributed by atoms with van der Waals surface area (Å²) >= 11 is 0.815. The van der Waals surface area contributed by atoms with Crippen LogP contribution in [0.1, 0.15) is 73.0 Å². The van der Waals surface area contributed by atoms with Crippen LogP contribution >= 0.6 is 11.8 Å². The fourth-order valence-electron chi connectivity index (χ4n) is 4.51. The zero-order valence-corrected chi connectivity index (χ0v) is 23.6. The molecular weight excluding hydrogens is 541 g/mol. The highest BCUT2D eigenvalue weighted by molar-refractivity contribution is 7.99. The second kappa shape index (κ2) is 12.5. The molecule has 1 atom stereocenters. The van der Waals surface area contributed by atoms with E-state index >= 15 is 0 Å². The summed E-state index contributed by atoms with van der Waals surface area (Å²) in [5.74, 6) is -1.84. The number of rotatable bonds is 8. The Labute approximate surface area is 235 Å². The molecule has 210 valence electrons. The van der Waals surface area contributed by atoms with Gasteiger partial charge in [0.1, 0.15) is 28.5 Å². The van der Waals surface area contributed by atoms with Crippen molar-refractivity contribution < 1.29 is 27.4 Å². The summed E-state index contributed by atoms with van der Waals surface area (Å²) in [7, 11) is 0. The van der Waals surface area contributed by atoms with Gasteiger partial charge in [0.15, 0.2) is 0 Å². The highest BCUT2D eigenvalue weighted by Crippen LogP contribution is 2.43. The lowest BCUT2D eigenvalue weighted by Crippen LogP contribution is -2.27. The van der Waals surface area contributed by atoms with Crippen molar-refractivity contribution in [3.8, 4) is 12.1 Å². The van der Waals surface area contributed by atoms with Gasteiger partial charge in [-0.3, -0.25) is 0 Å². The topological polar surface area (TPSA) is 122 Å². The molecule has 0 fully saturated rings. The summed E-state index contributed by atoms with van der Waals surface area (Å²) in [5.41, 5.74) is 6.22. The molecule has 0 saturated carbocycles. The number of benzene rings is 1. The van der Waals surface area contributed by atoms with Crippen LogP contribution in [0.15, 0.2) is 52.1 Å². The second-order valence-corrected chi connectivity index (χ2v) is 10.3. The SMILES string of the molecule is CCOC(=O)C1=C(CSc2nc(CC)c(C)c(C(F)(F)F)c2C#N)OC(N)=C(C#N)C1c1ccc(C(C)C)cc1. The number of halogens is 3. The Balaban J connectivity index is 2.17. The Bertz CT molecular complexity index is 1450. The monoisotopic (exact) mass is 570 g/mol. The summed E-state index contributed by atoms with van der Waals surface area (Å²) in [4.78, 5) is 17.6. The van der Waals surface area contributed by atoms with Crippen LogP contribution in [0.2, 0.25) is 0 Å². The van der Waals surface area contributed by atoms with E-state index in [2.05, 4.69) is 4.98 Å². The molecule has 2 N–H and O–H groups in total. The van der Waals surface area contributed by atoms with Gasteiger partial charge in [-0.05, 0) is 42.9 Å². The molecule has 0 aliphatic carbocycles. The van der Waals surface area contributed by atoms with Crippen molar-refractivity contribution in [2.24, 2.45) is 5.73 Å². The van der Waals surface area contributed by atoms with Crippen LogP contribution in [-0.4, -0.2) is 23.3 Å². The van der Waals surface area contributed by atoms with Crippen molar-refractivity contribution in [1.82, 2.24) is 4.98 Å². The van der Waals surface area contributed by atoms with Crippen LogP contribution < -0.4 is 5.73 Å². The van der Waals surface area contributed by atoms with Crippen molar-refractivity contribution >= 4 is 17.7 Å². The minimum Gasteiger partial charge on any atom is -0.463 e. The molecule has 7 nitrogen and oxygen atoms in total. The highest BCUT2D eigenvalue weighted by Gasteiger charge is 2.40. The van der Waals surface area contributed by atoms with E-state index in [1.807, 2.05) is 32.0 Å². The Kier molecular flexibility index (Phi) is 9.54. The Morgan fingerprint density at radius 1 is 1.20 bits per heavy atom. The van der Waals surface area contributed by atoms with Gasteiger partial charge in [-0.15, -0.1) is 0 Å². The maximum absolute atomic E-state index is 14.0. The fourth-order valence-corrected chi connectivity index (χ4v) is 5.46. The molecule has 1 aliphatic rings. The number of thioether (sulfide) groups is 1. The number of aryl methyl sites for hydroxylation is 1. The number of carbonyl (C=O) groups excluding carboxylic acids is 1. The maximum Gasteiger partial charge on any atom is 0.418 e. The molecule has 0 spiro atoms. The number of nitrogens with zero attached hydrogens (tertiary/aromatic N) is 3. The zero-order valence-electron chi connectivity index (χ0n) is 22.8. The van der Waals surface area contributed by atoms with E-state index in [4.69, 9.17) is 15.2 Å². The van der Waals surface area contributed by atoms with Crippen molar-refractivity contribution in [2.45, 2.75) is 64.1 Å². The lowest BCUT2D eigenvalue weighted by molar-refractivity contribution is -0.139. The Morgan fingerprint density at radius 2 is 1.85 bits per heavy atom. The van der Waals surface area contributed by atoms with Crippen LogP contribution in [0.5, 0.6) is 0 Å². The smallest absolute Gasteiger partial charge is 0.418 e. The van der Waals surface area contributed by atoms with Crippen molar-refractivity contribution in [3.05, 3.63) is 80.6 Å². The number of pyridine rings is 1. The predicted molar refractivity (Wildman–Crippen MR) is 144 cm³/mol. The van der Waals surface area contributed by atoms with Crippen LogP contribution in [-0.2, 0) is 26.9 Å². The number of esters is 1. The highest BCUT2D eigenvalue weighted by atomic mass is 32.2. The quantitative estimate of drug-likeness (QED) is 0.286. The van der Waals surface area contributed by atoms with E-state index < -0.39 is 29.2 Å². The number of alkyl halides is 3. The molecule has 2 heterocycles. The minimum atomic E-state index is -4.77. The summed E-state index contributed by atoms with van der Waals surface area (Å²) in [5, 5.41) is 19.4. The van der Waals surface area contributed by atoms with E-state index in [1.165, 1.54) is 6.92 Å². The third-order valence-corrected chi connectivity index (χ3v) is 7.48. The van der Waals surface area contributed by atoms with Gasteiger partial charge in [0, 0.05) is 5.69 Å². The molecule has 3 rings (SSSR count). The van der Waals surface area contributed by atoms with Gasteiger partial charge in [0.25, 0.3) is 0 Å². The number of hydrogen-bond acceptors (Lipinski definition) is 8. The van der Waals surface area contributed by atoms with Gasteiger partial charge in [0.05, 0.1) is 35.0 Å². The molecule has 40 heavy (non-hydrogen) atoms. The zero-order chi connectivity index (χ0) is 29.8. The third kappa shape index (κ3) is 6.10. The molecule has 1 aromatic carbocycles. The lowest BCUT2D eigenvalue weighted by atomic mass is 9.82. The fraction of sp³-hybridized carbons (Fsp3) is 0.379. The van der Waals surface area contributed by atoms with Gasteiger partial charge in [-0.1, -0.05) is 56.8 Å². The summed E-state index contributed by atoms with van der Waals surface area (Å²) in [6.45, 7) is 8.69. The second-order valence-electron chi connectivity index (χ2n) is 9.29. The summed E-state index contributed by atoms with van der Waals surface area (Å²) in [6.07, 6.45) is -4.55. The Hall–Kier alpha value is -3.96. The van der Waals surface area contributed by atoms with E-state index in [0.29, 0.717) is 5.56 Å². The number of allylic oxidation sites excluding steroid dienone is 1. The molecule has 1 aromatic heterocycles. The first-order valence-corrected chi connectivity index (χ1v) is 13.6. The average molecular weight is 571 g/mol. The maximum atomic E-state index is 14.0. The number of aromatic nitrogens is 1. The lowest BCUT2D eigenvalue weighted by Gasteiger charge is -2.28. The molecule has 1 aliphatic heterocycles. The normalized spacial score (nSPS) is 15.5. The number of nitrogens with two attached hydrogens (primary N) is 1. The van der Waals surface area contributed by atoms with Crippen LogP contribution in [0.3, 0.4) is 0 Å². The van der Waals surface area contributed by atoms with Crippen LogP contribution in [0.25, 0.3) is 0 Å². The first-order chi connectivity index (χ1) is 18.9. The molecule has 11 heteroatoms. The number of ether oxygens (including phenoxy) is 2. The van der Waals surface area contributed by atoms with Crippen LogP contribution in [0, 0.1) is 29.6 Å². The molecule has 0 amide bonds. The van der Waals surface area contributed by atoms with E-state index in [9.17, 15) is 28.5 Å². The van der Waals surface area contributed by atoms with Gasteiger partial charge in [-0.25, -0.2) is 9.78 Å². The standard InChI is InChI=1S/C29H29F3N4O3S/c1-6-21-16(5)25(29(30,31)32)20(13-34)27(36-21)40-14-22-24(28(37)38-7-2)23(19(12-33)26(35)39-22)18-10-8-17(9-11-18)15(3)4/h8-11,15,23H,6-7,14,35H2,1-5H3. The Morgan fingerprint density at radius 3 is 2.35 bits per heavy atom. The van der Waals surface area contributed by atoms with Crippen molar-refractivity contribution in [1.29, 1.82) is 10.5 Å². The number of carbonyl (C=O) groups is 1. The molecule has 2 aromatic rings. The van der Waals surface area contributed by atoms with Crippen molar-refractivity contribution in [3.63, 3.8) is 0 Å². The van der Waals surface area contributed by atoms with Gasteiger partial charge < -0.3 is 15.2 Å². The average Bonchev–Trinajstić information content (AvgIpc) is 2.90. The van der Waals surface area contributed by atoms with Gasteiger partial charge in [-0.2, -0.15) is 23.7 Å². The van der Waals surface area contributed by atoms with E-state index in [-0.39, 0.29) is 63.8 Å². The largest absolute Gasteiger partial charge is 0.463 e. The van der Waals surface area contributed by atoms with E-state index in [1.54, 1.807) is 32.0 Å². The third-order valence-electron chi connectivity index (χ3n) is 6.51. The summed E-state index contributed by atoms with van der Waals surface area (Å²) < 4.78 is 52.9. The molecule has 0 saturated heterocycles. The molecular formula is C29H29F3N4O3S. The van der Waals surface area contributed by atoms with E-state index in [0.717, 1.165) is 17.3 Å². The van der Waals surface area contributed by atoms with Crippen molar-refractivity contribution in [2.75, 3.05) is 12.4 Å². The number of hydrogen-bond donors (Lipinski definition) is 1. The van der Waals surface area contributed by atoms with Gasteiger partial charge >= 0.3 is 12.1 Å². The number of nitriles is 2.